The Balaban J connectivity index is 1.53. The summed E-state index contributed by atoms with van der Waals surface area (Å²) in [5.74, 6) is -1.47. The largest absolute Gasteiger partial charge is 0.454 e. The average molecular weight is 541 g/mol. The van der Waals surface area contributed by atoms with Crippen LogP contribution in [0.4, 0.5) is 29.9 Å². The highest BCUT2D eigenvalue weighted by molar-refractivity contribution is 6.01. The number of ether oxygens (including phenoxy) is 1. The minimum Gasteiger partial charge on any atom is -0.454 e. The van der Waals surface area contributed by atoms with Crippen molar-refractivity contribution in [3.63, 3.8) is 0 Å². The van der Waals surface area contributed by atoms with Gasteiger partial charge < -0.3 is 19.9 Å². The molecule has 0 unspecified atom stereocenters. The van der Waals surface area contributed by atoms with Crippen molar-refractivity contribution in [2.75, 3.05) is 44.9 Å². The second-order valence-corrected chi connectivity index (χ2v) is 8.94. The first kappa shape index (κ1) is 29.0. The van der Waals surface area contributed by atoms with E-state index in [1.165, 1.54) is 59.6 Å². The van der Waals surface area contributed by atoms with Crippen LogP contribution in [0.2, 0.25) is 0 Å². The number of amides is 5. The Morgan fingerprint density at radius 3 is 2.36 bits per heavy atom. The van der Waals surface area contributed by atoms with Gasteiger partial charge in [-0.05, 0) is 63.0 Å². The van der Waals surface area contributed by atoms with Crippen molar-refractivity contribution in [2.24, 2.45) is 0 Å². The van der Waals surface area contributed by atoms with Crippen LogP contribution in [0.15, 0.2) is 60.8 Å². The summed E-state index contributed by atoms with van der Waals surface area (Å²) in [4.78, 5) is 44.2. The first-order valence-corrected chi connectivity index (χ1v) is 12.0. The van der Waals surface area contributed by atoms with Crippen molar-refractivity contribution >= 4 is 29.5 Å². The Hall–Kier alpha value is -4.58. The second-order valence-electron chi connectivity index (χ2n) is 8.94. The number of nitrogens with one attached hydrogen (secondary N) is 3. The average Bonchev–Trinajstić information content (AvgIpc) is 2.87. The molecule has 5 amide bonds. The number of hydrogen-bond acceptors (Lipinski definition) is 6. The van der Waals surface area contributed by atoms with Gasteiger partial charge in [-0.2, -0.15) is 0 Å². The Morgan fingerprint density at radius 1 is 0.923 bits per heavy atom. The van der Waals surface area contributed by atoms with Crippen LogP contribution in [-0.2, 0) is 11.2 Å². The first-order valence-electron chi connectivity index (χ1n) is 12.0. The van der Waals surface area contributed by atoms with Crippen LogP contribution in [0, 0.1) is 11.6 Å². The Bertz CT molecular complexity index is 1300. The van der Waals surface area contributed by atoms with Crippen molar-refractivity contribution in [3.8, 4) is 11.5 Å². The Labute approximate surface area is 225 Å². The molecule has 0 aliphatic heterocycles. The highest BCUT2D eigenvalue weighted by Gasteiger charge is 2.13. The SMILES string of the molecule is CN(C)CCCN(C)C(=O)Nc1cc(Oc2ccc(NC(=O)NC(=O)Cc3ccc(F)cc3)cc2F)ccn1. The predicted octanol–water partition coefficient (Wildman–Crippen LogP) is 4.46. The lowest BCUT2D eigenvalue weighted by Crippen LogP contribution is -2.35. The summed E-state index contributed by atoms with van der Waals surface area (Å²) in [5, 5.41) is 7.17. The molecule has 0 saturated carbocycles. The number of halogens is 2. The number of hydrogen-bond donors (Lipinski definition) is 3. The molecular weight excluding hydrogens is 510 g/mol. The molecule has 1 heterocycles. The molecule has 3 N–H and O–H groups in total. The lowest BCUT2D eigenvalue weighted by Gasteiger charge is -2.19. The van der Waals surface area contributed by atoms with Gasteiger partial charge in [-0.3, -0.25) is 15.4 Å². The Kier molecular flexibility index (Phi) is 10.3. The van der Waals surface area contributed by atoms with Crippen LogP contribution in [0.1, 0.15) is 12.0 Å². The van der Waals surface area contributed by atoms with E-state index < -0.39 is 23.6 Å². The fourth-order valence-electron chi connectivity index (χ4n) is 3.38. The topological polar surface area (TPSA) is 116 Å². The fourth-order valence-corrected chi connectivity index (χ4v) is 3.38. The number of rotatable bonds is 10. The van der Waals surface area contributed by atoms with E-state index in [9.17, 15) is 23.2 Å². The molecule has 2 aromatic carbocycles. The van der Waals surface area contributed by atoms with Gasteiger partial charge in [0.25, 0.3) is 0 Å². The maximum absolute atomic E-state index is 14.7. The molecule has 1 aromatic heterocycles. The molecule has 12 heteroatoms. The van der Waals surface area contributed by atoms with Gasteiger partial charge in [0.2, 0.25) is 5.91 Å². The quantitative estimate of drug-likeness (QED) is 0.350. The van der Waals surface area contributed by atoms with Gasteiger partial charge in [0.15, 0.2) is 11.6 Å². The fraction of sp³-hybridized carbons (Fsp3) is 0.259. The van der Waals surface area contributed by atoms with Gasteiger partial charge >= 0.3 is 12.1 Å². The van der Waals surface area contributed by atoms with Crippen LogP contribution < -0.4 is 20.7 Å². The zero-order chi connectivity index (χ0) is 28.4. The number of carbonyl (C=O) groups excluding carboxylic acids is 3. The number of benzene rings is 2. The highest BCUT2D eigenvalue weighted by atomic mass is 19.1. The molecule has 10 nitrogen and oxygen atoms in total. The molecule has 0 spiro atoms. The third-order valence-electron chi connectivity index (χ3n) is 5.36. The molecule has 0 aliphatic carbocycles. The zero-order valence-electron chi connectivity index (χ0n) is 21.8. The van der Waals surface area contributed by atoms with Gasteiger partial charge in [0.1, 0.15) is 17.4 Å². The summed E-state index contributed by atoms with van der Waals surface area (Å²) in [5.41, 5.74) is 0.618. The first-order chi connectivity index (χ1) is 18.6. The van der Waals surface area contributed by atoms with Crippen molar-refractivity contribution < 1.29 is 27.9 Å². The van der Waals surface area contributed by atoms with Gasteiger partial charge in [-0.25, -0.2) is 23.4 Å². The molecule has 0 radical (unpaired) electrons. The smallest absolute Gasteiger partial charge is 0.325 e. The molecule has 0 bridgehead atoms. The lowest BCUT2D eigenvalue weighted by atomic mass is 10.1. The van der Waals surface area contributed by atoms with Crippen molar-refractivity contribution in [1.29, 1.82) is 0 Å². The third-order valence-corrected chi connectivity index (χ3v) is 5.36. The minimum absolute atomic E-state index is 0.0897. The number of pyridine rings is 1. The summed E-state index contributed by atoms with van der Waals surface area (Å²) >= 11 is 0. The number of aromatic nitrogens is 1. The van der Waals surface area contributed by atoms with Crippen LogP contribution in [0.3, 0.4) is 0 Å². The summed E-state index contributed by atoms with van der Waals surface area (Å²) in [6, 6.07) is 10.8. The summed E-state index contributed by atoms with van der Waals surface area (Å²) in [7, 11) is 5.60. The normalized spacial score (nSPS) is 10.6. The van der Waals surface area contributed by atoms with Crippen LogP contribution in [-0.4, -0.2) is 67.0 Å². The van der Waals surface area contributed by atoms with Crippen LogP contribution in [0.5, 0.6) is 11.5 Å². The Morgan fingerprint density at radius 2 is 1.67 bits per heavy atom. The minimum atomic E-state index is -0.851. The van der Waals surface area contributed by atoms with Crippen molar-refractivity contribution in [2.45, 2.75) is 12.8 Å². The lowest BCUT2D eigenvalue weighted by molar-refractivity contribution is -0.119. The van der Waals surface area contributed by atoms with Gasteiger partial charge in [-0.15, -0.1) is 0 Å². The standard InChI is InChI=1S/C27H30F2N6O4/c1-34(2)13-4-14-35(3)27(38)32-24-17-21(11-12-30-24)39-23-10-9-20(16-22(23)29)31-26(37)33-25(36)15-18-5-7-19(28)8-6-18/h5-12,16-17H,4,13-15H2,1-3H3,(H,30,32,38)(H2,31,33,36,37). The number of nitrogens with zero attached hydrogens (tertiary/aromatic N) is 3. The van der Waals surface area contributed by atoms with E-state index in [4.69, 9.17) is 4.74 Å². The predicted molar refractivity (Wildman–Crippen MR) is 143 cm³/mol. The third kappa shape index (κ3) is 9.67. The van der Waals surface area contributed by atoms with Gasteiger partial charge in [-0.1, -0.05) is 12.1 Å². The van der Waals surface area contributed by atoms with E-state index in [0.29, 0.717) is 12.1 Å². The van der Waals surface area contributed by atoms with Crippen molar-refractivity contribution in [3.05, 3.63) is 78.0 Å². The molecule has 0 saturated heterocycles. The van der Waals surface area contributed by atoms with Gasteiger partial charge in [0.05, 0.1) is 6.42 Å². The second kappa shape index (κ2) is 13.8. The maximum atomic E-state index is 14.7. The van der Waals surface area contributed by atoms with Crippen LogP contribution >= 0.6 is 0 Å². The van der Waals surface area contributed by atoms with Crippen LogP contribution in [0.25, 0.3) is 0 Å². The van der Waals surface area contributed by atoms with E-state index in [1.807, 2.05) is 19.0 Å². The number of carbonyl (C=O) groups is 3. The van der Waals surface area contributed by atoms with E-state index >= 15 is 0 Å². The molecule has 206 valence electrons. The van der Waals surface area contributed by atoms with E-state index in [-0.39, 0.29) is 35.5 Å². The molecule has 3 aromatic rings. The molecule has 0 fully saturated rings. The maximum Gasteiger partial charge on any atom is 0.325 e. The molecule has 0 aliphatic rings. The molecule has 0 atom stereocenters. The summed E-state index contributed by atoms with van der Waals surface area (Å²) < 4.78 is 33.2. The number of urea groups is 2. The van der Waals surface area contributed by atoms with Gasteiger partial charge in [0, 0.05) is 37.6 Å². The van der Waals surface area contributed by atoms with E-state index in [1.54, 1.807) is 7.05 Å². The molecular formula is C27H30F2N6O4. The number of imide groups is 1. The monoisotopic (exact) mass is 540 g/mol. The highest BCUT2D eigenvalue weighted by Crippen LogP contribution is 2.27. The zero-order valence-corrected chi connectivity index (χ0v) is 21.8. The summed E-state index contributed by atoms with van der Waals surface area (Å²) in [6.45, 7) is 1.41. The number of anilines is 2. The van der Waals surface area contributed by atoms with E-state index in [0.717, 1.165) is 19.0 Å². The van der Waals surface area contributed by atoms with E-state index in [2.05, 4.69) is 20.9 Å². The molecule has 3 rings (SSSR count). The summed E-state index contributed by atoms with van der Waals surface area (Å²) in [6.07, 6.45) is 2.10. The van der Waals surface area contributed by atoms with Crippen molar-refractivity contribution in [1.82, 2.24) is 20.1 Å². The molecule has 39 heavy (non-hydrogen) atoms.